The van der Waals surface area contributed by atoms with E-state index in [9.17, 15) is 13.2 Å². The highest BCUT2D eigenvalue weighted by Gasteiger charge is 2.34. The fourth-order valence-electron chi connectivity index (χ4n) is 4.22. The number of nitrogens with zero attached hydrogens (tertiary/aromatic N) is 1. The Morgan fingerprint density at radius 3 is 2.64 bits per heavy atom. The summed E-state index contributed by atoms with van der Waals surface area (Å²) in [6, 6.07) is 5.07. The molecule has 1 fully saturated rings. The Balaban J connectivity index is 0.00000280. The van der Waals surface area contributed by atoms with E-state index in [1.165, 1.54) is 6.92 Å². The van der Waals surface area contributed by atoms with Crippen LogP contribution >= 0.6 is 12.4 Å². The molecule has 0 saturated carbocycles. The van der Waals surface area contributed by atoms with E-state index < -0.39 is 10.0 Å². The van der Waals surface area contributed by atoms with Crippen molar-refractivity contribution in [3.8, 4) is 0 Å². The van der Waals surface area contributed by atoms with Crippen LogP contribution < -0.4 is 14.9 Å². The van der Waals surface area contributed by atoms with Crippen molar-refractivity contribution in [1.29, 1.82) is 0 Å². The second-order valence-corrected chi connectivity index (χ2v) is 9.51. The molecule has 1 amide bonds. The zero-order chi connectivity index (χ0) is 19.7. The van der Waals surface area contributed by atoms with Gasteiger partial charge in [0.1, 0.15) is 0 Å². The molecule has 28 heavy (non-hydrogen) atoms. The molecule has 1 atom stereocenters. The number of anilines is 1. The molecular formula is C19H30ClN3O4S. The molecule has 1 saturated heterocycles. The van der Waals surface area contributed by atoms with Crippen LogP contribution in [0.4, 0.5) is 5.69 Å². The Morgan fingerprint density at radius 1 is 1.36 bits per heavy atom. The van der Waals surface area contributed by atoms with Crippen LogP contribution in [0, 0.1) is 5.41 Å². The molecule has 0 aromatic heterocycles. The molecule has 2 heterocycles. The molecule has 0 bridgehead atoms. The first-order chi connectivity index (χ1) is 12.8. The van der Waals surface area contributed by atoms with E-state index >= 15 is 0 Å². The van der Waals surface area contributed by atoms with Gasteiger partial charge in [-0.1, -0.05) is 0 Å². The highest BCUT2D eigenvalue weighted by Crippen LogP contribution is 2.34. The minimum atomic E-state index is -3.62. The minimum absolute atomic E-state index is 0. The number of benzene rings is 1. The van der Waals surface area contributed by atoms with Crippen LogP contribution in [0.1, 0.15) is 32.3 Å². The molecule has 2 aliphatic heterocycles. The minimum Gasteiger partial charge on any atom is -0.384 e. The molecule has 7 nitrogen and oxygen atoms in total. The Kier molecular flexibility index (Phi) is 7.50. The third-order valence-corrected chi connectivity index (χ3v) is 7.07. The number of fused-ring (bicyclic) bond motifs is 1. The number of halogens is 1. The smallest absolute Gasteiger partial charge is 0.240 e. The third kappa shape index (κ3) is 4.68. The van der Waals surface area contributed by atoms with Gasteiger partial charge in [0.25, 0.3) is 0 Å². The Bertz CT molecular complexity index is 804. The second kappa shape index (κ2) is 9.09. The molecular weight excluding hydrogens is 402 g/mol. The summed E-state index contributed by atoms with van der Waals surface area (Å²) in [6.07, 6.45) is 2.41. The lowest BCUT2D eigenvalue weighted by molar-refractivity contribution is -0.116. The van der Waals surface area contributed by atoms with Crippen LogP contribution in [-0.2, 0) is 26.0 Å². The van der Waals surface area contributed by atoms with Crippen molar-refractivity contribution in [3.63, 3.8) is 0 Å². The number of hydrogen-bond acceptors (Lipinski definition) is 5. The van der Waals surface area contributed by atoms with Crippen LogP contribution in [0.2, 0.25) is 0 Å². The lowest BCUT2D eigenvalue weighted by Gasteiger charge is -2.37. The van der Waals surface area contributed by atoms with E-state index in [-0.39, 0.29) is 34.7 Å². The fourth-order valence-corrected chi connectivity index (χ4v) is 5.43. The molecule has 0 radical (unpaired) electrons. The molecule has 1 unspecified atom stereocenters. The summed E-state index contributed by atoms with van der Waals surface area (Å²) in [7, 11) is -1.97. The van der Waals surface area contributed by atoms with E-state index in [4.69, 9.17) is 4.74 Å². The molecule has 0 aliphatic carbocycles. The van der Waals surface area contributed by atoms with Gasteiger partial charge in [0.2, 0.25) is 15.9 Å². The number of nitrogens with one attached hydrogen (secondary N) is 2. The van der Waals surface area contributed by atoms with Crippen LogP contribution in [0.5, 0.6) is 0 Å². The summed E-state index contributed by atoms with van der Waals surface area (Å²) >= 11 is 0. The fraction of sp³-hybridized carbons (Fsp3) is 0.632. The molecule has 2 N–H and O–H groups in total. The Hall–Kier alpha value is -1.19. The second-order valence-electron chi connectivity index (χ2n) is 7.74. The maximum atomic E-state index is 12.9. The highest BCUT2D eigenvalue weighted by atomic mass is 35.5. The van der Waals surface area contributed by atoms with Gasteiger partial charge in [-0.25, -0.2) is 13.1 Å². The van der Waals surface area contributed by atoms with Crippen molar-refractivity contribution in [3.05, 3.63) is 23.8 Å². The number of ether oxygens (including phenoxy) is 1. The maximum absolute atomic E-state index is 12.9. The average molecular weight is 432 g/mol. The predicted molar refractivity (Wildman–Crippen MR) is 112 cm³/mol. The number of piperidine rings is 1. The van der Waals surface area contributed by atoms with Gasteiger partial charge in [-0.2, -0.15) is 0 Å². The summed E-state index contributed by atoms with van der Waals surface area (Å²) in [5.41, 5.74) is 1.53. The van der Waals surface area contributed by atoms with Gasteiger partial charge in [-0.3, -0.25) is 4.79 Å². The molecule has 1 aromatic carbocycles. The lowest BCUT2D eigenvalue weighted by atomic mass is 9.80. The normalized spacial score (nSPS) is 21.1. The van der Waals surface area contributed by atoms with E-state index in [0.29, 0.717) is 19.6 Å². The van der Waals surface area contributed by atoms with Gasteiger partial charge in [-0.15, -0.1) is 12.4 Å². The summed E-state index contributed by atoms with van der Waals surface area (Å²) < 4.78 is 33.9. The average Bonchev–Trinajstić information content (AvgIpc) is 2.96. The largest absolute Gasteiger partial charge is 0.384 e. The van der Waals surface area contributed by atoms with Crippen molar-refractivity contribution in [2.45, 2.75) is 44.0 Å². The Labute approximate surface area is 173 Å². The SMILES string of the molecule is COCC1(CNS(=O)(=O)c2ccc3c(c2)CC(C)N3C(C)=O)CCNCC1.Cl. The highest BCUT2D eigenvalue weighted by molar-refractivity contribution is 7.89. The maximum Gasteiger partial charge on any atom is 0.240 e. The van der Waals surface area contributed by atoms with Gasteiger partial charge in [0, 0.05) is 37.7 Å². The van der Waals surface area contributed by atoms with E-state index in [1.807, 2.05) is 6.92 Å². The van der Waals surface area contributed by atoms with Crippen molar-refractivity contribution in [2.75, 3.05) is 38.3 Å². The molecule has 0 spiro atoms. The molecule has 1 aromatic rings. The zero-order valence-electron chi connectivity index (χ0n) is 16.7. The van der Waals surface area contributed by atoms with Crippen LogP contribution in [-0.4, -0.2) is 53.7 Å². The van der Waals surface area contributed by atoms with Crippen LogP contribution in [0.3, 0.4) is 0 Å². The number of amides is 1. The first kappa shape index (κ1) is 23.1. The van der Waals surface area contributed by atoms with E-state index in [1.54, 1.807) is 30.2 Å². The van der Waals surface area contributed by atoms with Crippen molar-refractivity contribution < 1.29 is 17.9 Å². The number of carbonyl (C=O) groups is 1. The number of hydrogen-bond donors (Lipinski definition) is 2. The van der Waals surface area contributed by atoms with Gasteiger partial charge < -0.3 is 15.0 Å². The number of carbonyl (C=O) groups excluding carboxylic acids is 1. The number of sulfonamides is 1. The standard InChI is InChI=1S/C19H29N3O4S.ClH/c1-14-10-16-11-17(4-5-18(16)22(14)15(2)23)27(24,25)21-12-19(13-26-3)6-8-20-9-7-19;/h4-5,11,14,20-21H,6-10,12-13H2,1-3H3;1H. The topological polar surface area (TPSA) is 87.7 Å². The zero-order valence-corrected chi connectivity index (χ0v) is 18.3. The van der Waals surface area contributed by atoms with Gasteiger partial charge >= 0.3 is 0 Å². The number of rotatable bonds is 6. The van der Waals surface area contributed by atoms with E-state index in [2.05, 4.69) is 10.0 Å². The summed E-state index contributed by atoms with van der Waals surface area (Å²) in [5.74, 6) is -0.0256. The predicted octanol–water partition coefficient (Wildman–Crippen LogP) is 1.70. The molecule has 9 heteroatoms. The van der Waals surface area contributed by atoms with Crippen LogP contribution in [0.15, 0.2) is 23.1 Å². The molecule has 2 aliphatic rings. The summed E-state index contributed by atoms with van der Waals surface area (Å²) in [5, 5.41) is 3.31. The summed E-state index contributed by atoms with van der Waals surface area (Å²) in [6.45, 7) is 6.13. The molecule has 158 valence electrons. The summed E-state index contributed by atoms with van der Waals surface area (Å²) in [4.78, 5) is 13.8. The third-order valence-electron chi connectivity index (χ3n) is 5.67. The van der Waals surface area contributed by atoms with Gasteiger partial charge in [-0.05, 0) is 63.0 Å². The molecule has 3 rings (SSSR count). The Morgan fingerprint density at radius 2 is 2.04 bits per heavy atom. The van der Waals surface area contributed by atoms with Crippen molar-refractivity contribution in [1.82, 2.24) is 10.0 Å². The van der Waals surface area contributed by atoms with Crippen molar-refractivity contribution in [2.24, 2.45) is 5.41 Å². The van der Waals surface area contributed by atoms with E-state index in [0.717, 1.165) is 37.2 Å². The first-order valence-corrected chi connectivity index (χ1v) is 10.9. The van der Waals surface area contributed by atoms with Gasteiger partial charge in [0.05, 0.1) is 11.5 Å². The first-order valence-electron chi connectivity index (χ1n) is 9.40. The lowest BCUT2D eigenvalue weighted by Crippen LogP contribution is -2.47. The van der Waals surface area contributed by atoms with Crippen LogP contribution in [0.25, 0.3) is 0 Å². The quantitative estimate of drug-likeness (QED) is 0.715. The number of methoxy groups -OCH3 is 1. The van der Waals surface area contributed by atoms with Crippen molar-refractivity contribution >= 4 is 34.0 Å². The monoisotopic (exact) mass is 431 g/mol. The van der Waals surface area contributed by atoms with Gasteiger partial charge in [0.15, 0.2) is 0 Å².